The number of rotatable bonds is 8. The number of ether oxygens (including phenoxy) is 1. The van der Waals surface area contributed by atoms with Crippen LogP contribution in [-0.4, -0.2) is 49.7 Å². The summed E-state index contributed by atoms with van der Waals surface area (Å²) in [5, 5.41) is 13.6. The molecule has 0 saturated carbocycles. The van der Waals surface area contributed by atoms with E-state index in [9.17, 15) is 41.0 Å². The fourth-order valence-corrected chi connectivity index (χ4v) is 6.33. The van der Waals surface area contributed by atoms with E-state index in [1.54, 1.807) is 12.1 Å². The summed E-state index contributed by atoms with van der Waals surface area (Å²) < 4.78 is 89.3. The zero-order valence-corrected chi connectivity index (χ0v) is 24.5. The molecule has 45 heavy (non-hydrogen) atoms. The van der Waals surface area contributed by atoms with Gasteiger partial charge in [-0.3, -0.25) is 4.79 Å². The van der Waals surface area contributed by atoms with E-state index >= 15 is 0 Å². The number of aromatic nitrogens is 3. The zero-order valence-electron chi connectivity index (χ0n) is 23.7. The molecule has 0 atom stereocenters. The summed E-state index contributed by atoms with van der Waals surface area (Å²) in [7, 11) is 0. The van der Waals surface area contributed by atoms with Crippen LogP contribution in [0.25, 0.3) is 16.4 Å². The molecule has 1 N–H and O–H groups in total. The molecule has 0 aliphatic carbocycles. The highest BCUT2D eigenvalue weighted by Crippen LogP contribution is 2.42. The van der Waals surface area contributed by atoms with Crippen molar-refractivity contribution < 1.29 is 45.8 Å². The molecule has 238 valence electrons. The van der Waals surface area contributed by atoms with Gasteiger partial charge in [-0.1, -0.05) is 25.1 Å². The summed E-state index contributed by atoms with van der Waals surface area (Å²) in [6.07, 6.45) is -7.26. The molecule has 4 heterocycles. The lowest BCUT2D eigenvalue weighted by atomic mass is 9.89. The molecule has 0 radical (unpaired) electrons. The third-order valence-corrected chi connectivity index (χ3v) is 8.58. The van der Waals surface area contributed by atoms with Crippen molar-refractivity contribution in [1.29, 1.82) is 0 Å². The first kappa shape index (κ1) is 32.0. The molecule has 1 amide bonds. The molecule has 1 aliphatic rings. The minimum Gasteiger partial charge on any atom is -0.489 e. The van der Waals surface area contributed by atoms with E-state index in [1.807, 2.05) is 24.0 Å². The number of likely N-dealkylation sites (tertiary alicyclic amines) is 1. The summed E-state index contributed by atoms with van der Waals surface area (Å²) in [5.74, 6) is -1.61. The van der Waals surface area contributed by atoms with Crippen molar-refractivity contribution in [2.75, 3.05) is 13.1 Å². The van der Waals surface area contributed by atoms with E-state index in [2.05, 4.69) is 10.1 Å². The van der Waals surface area contributed by atoms with Crippen molar-refractivity contribution in [2.45, 2.75) is 51.1 Å². The van der Waals surface area contributed by atoms with E-state index in [4.69, 9.17) is 4.74 Å². The minimum absolute atomic E-state index is 0.0216. The second-order valence-electron chi connectivity index (χ2n) is 10.3. The van der Waals surface area contributed by atoms with Crippen LogP contribution >= 0.6 is 11.3 Å². The number of carboxylic acids is 1. The predicted molar refractivity (Wildman–Crippen MR) is 151 cm³/mol. The molecule has 8 nitrogen and oxygen atoms in total. The number of piperidine rings is 1. The normalized spacial score (nSPS) is 14.5. The maximum atomic E-state index is 14.0. The standard InChI is InChI=1S/C30H26F6N4O4S/c1-2-25(41)39-12-10-18(11-13-39)17-6-8-19(9-7-17)44-15-21-22(29(31,32)33)16-45-26(21)23-4-3-5-24(38-23)40-27(30(34,35)36)20(14-37-40)28(42)43/h3-9,14,16,18H,2,10-13,15H2,1H3,(H,42,43). The van der Waals surface area contributed by atoms with Crippen molar-refractivity contribution in [3.63, 3.8) is 0 Å². The number of hydrogen-bond acceptors (Lipinski definition) is 6. The number of hydrogen-bond donors (Lipinski definition) is 1. The van der Waals surface area contributed by atoms with Crippen LogP contribution in [0.5, 0.6) is 5.75 Å². The minimum atomic E-state index is -5.10. The van der Waals surface area contributed by atoms with Crippen LogP contribution in [0, 0.1) is 0 Å². The molecule has 1 fully saturated rings. The van der Waals surface area contributed by atoms with Gasteiger partial charge >= 0.3 is 18.3 Å². The summed E-state index contributed by atoms with van der Waals surface area (Å²) in [6, 6.07) is 10.8. The van der Waals surface area contributed by atoms with E-state index in [0.29, 0.717) is 47.5 Å². The Balaban J connectivity index is 1.39. The van der Waals surface area contributed by atoms with E-state index in [-0.39, 0.29) is 28.0 Å². The summed E-state index contributed by atoms with van der Waals surface area (Å²) in [5.41, 5.74) is -2.94. The number of carboxylic acid groups (broad SMARTS) is 1. The SMILES string of the molecule is CCC(=O)N1CCC(c2ccc(OCc3c(C(F)(F)F)csc3-c3cccc(-n4ncc(C(=O)O)c4C(F)(F)F)n3)cc2)CC1. The predicted octanol–water partition coefficient (Wildman–Crippen LogP) is 7.43. The third kappa shape index (κ3) is 6.82. The molecule has 0 spiro atoms. The van der Waals surface area contributed by atoms with Crippen LogP contribution in [0.1, 0.15) is 64.8 Å². The van der Waals surface area contributed by atoms with Crippen LogP contribution in [0.3, 0.4) is 0 Å². The number of pyridine rings is 1. The number of thiophene rings is 1. The number of carbonyl (C=O) groups excluding carboxylic acids is 1. The van der Waals surface area contributed by atoms with Gasteiger partial charge in [0.2, 0.25) is 5.91 Å². The highest BCUT2D eigenvalue weighted by molar-refractivity contribution is 7.13. The maximum absolute atomic E-state index is 14.0. The molecule has 5 rings (SSSR count). The molecule has 1 aliphatic heterocycles. The Kier molecular flexibility index (Phi) is 8.92. The van der Waals surface area contributed by atoms with Gasteiger partial charge in [0.1, 0.15) is 17.9 Å². The number of halogens is 6. The lowest BCUT2D eigenvalue weighted by molar-refractivity contribution is -0.143. The Hall–Kier alpha value is -4.40. The van der Waals surface area contributed by atoms with Gasteiger partial charge in [-0.05, 0) is 48.6 Å². The fourth-order valence-electron chi connectivity index (χ4n) is 5.28. The number of aromatic carboxylic acids is 1. The number of carbonyl (C=O) groups is 2. The lowest BCUT2D eigenvalue weighted by Gasteiger charge is -2.32. The largest absolute Gasteiger partial charge is 0.489 e. The fraction of sp³-hybridized carbons (Fsp3) is 0.333. The smallest absolute Gasteiger partial charge is 0.434 e. The van der Waals surface area contributed by atoms with Crippen LogP contribution in [0.2, 0.25) is 0 Å². The molecule has 1 aromatic carbocycles. The van der Waals surface area contributed by atoms with Gasteiger partial charge in [0.25, 0.3) is 0 Å². The highest BCUT2D eigenvalue weighted by atomic mass is 32.1. The van der Waals surface area contributed by atoms with Crippen molar-refractivity contribution in [1.82, 2.24) is 19.7 Å². The Morgan fingerprint density at radius 1 is 1.02 bits per heavy atom. The van der Waals surface area contributed by atoms with Crippen molar-refractivity contribution in [3.8, 4) is 22.1 Å². The summed E-state index contributed by atoms with van der Waals surface area (Å²) >= 11 is 0.704. The number of benzene rings is 1. The van der Waals surface area contributed by atoms with E-state index < -0.39 is 47.6 Å². The second kappa shape index (κ2) is 12.5. The van der Waals surface area contributed by atoms with Gasteiger partial charge in [-0.2, -0.15) is 31.4 Å². The molecular formula is C30H26F6N4O4S. The summed E-state index contributed by atoms with van der Waals surface area (Å²) in [4.78, 5) is 29.3. The van der Waals surface area contributed by atoms with Crippen molar-refractivity contribution in [2.24, 2.45) is 0 Å². The number of nitrogens with zero attached hydrogens (tertiary/aromatic N) is 4. The van der Waals surface area contributed by atoms with Crippen molar-refractivity contribution >= 4 is 23.2 Å². The first-order valence-corrected chi connectivity index (χ1v) is 14.7. The van der Waals surface area contributed by atoms with Crippen LogP contribution in [0.15, 0.2) is 54.0 Å². The van der Waals surface area contributed by atoms with Gasteiger partial charge in [0, 0.05) is 30.5 Å². The lowest BCUT2D eigenvalue weighted by Crippen LogP contribution is -2.37. The van der Waals surface area contributed by atoms with Crippen molar-refractivity contribution in [3.05, 3.63) is 82.0 Å². The molecule has 0 bridgehead atoms. The number of alkyl halides is 6. The maximum Gasteiger partial charge on any atom is 0.434 e. The van der Waals surface area contributed by atoms with Gasteiger partial charge in [0.15, 0.2) is 11.5 Å². The third-order valence-electron chi connectivity index (χ3n) is 7.54. The zero-order chi connectivity index (χ0) is 32.5. The topological polar surface area (TPSA) is 97.6 Å². The Morgan fingerprint density at radius 2 is 1.71 bits per heavy atom. The Bertz CT molecular complexity index is 1690. The summed E-state index contributed by atoms with van der Waals surface area (Å²) in [6.45, 7) is 2.63. The monoisotopic (exact) mass is 652 g/mol. The highest BCUT2D eigenvalue weighted by Gasteiger charge is 2.41. The Labute approximate surface area is 256 Å². The molecular weight excluding hydrogens is 626 g/mol. The van der Waals surface area contributed by atoms with E-state index in [0.717, 1.165) is 29.9 Å². The van der Waals surface area contributed by atoms with Gasteiger partial charge in [-0.25, -0.2) is 14.5 Å². The molecule has 15 heteroatoms. The molecule has 3 aromatic heterocycles. The van der Waals surface area contributed by atoms with Crippen LogP contribution in [-0.2, 0) is 23.8 Å². The van der Waals surface area contributed by atoms with Crippen LogP contribution in [0.4, 0.5) is 26.3 Å². The average Bonchev–Trinajstić information content (AvgIpc) is 3.66. The van der Waals surface area contributed by atoms with Gasteiger partial charge < -0.3 is 14.7 Å². The van der Waals surface area contributed by atoms with Crippen LogP contribution < -0.4 is 4.74 Å². The second-order valence-corrected chi connectivity index (χ2v) is 11.2. The number of amides is 1. The quantitative estimate of drug-likeness (QED) is 0.199. The van der Waals surface area contributed by atoms with E-state index in [1.165, 1.54) is 12.1 Å². The average molecular weight is 653 g/mol. The Morgan fingerprint density at radius 3 is 2.31 bits per heavy atom. The van der Waals surface area contributed by atoms with Gasteiger partial charge in [-0.15, -0.1) is 11.3 Å². The molecule has 4 aromatic rings. The van der Waals surface area contributed by atoms with Gasteiger partial charge in [0.05, 0.1) is 22.3 Å². The first-order chi connectivity index (χ1) is 21.3. The molecule has 1 saturated heterocycles. The first-order valence-electron chi connectivity index (χ1n) is 13.8. The molecule has 0 unspecified atom stereocenters.